The number of nitrogens with zero attached hydrogens (tertiary/aromatic N) is 4. The van der Waals surface area contributed by atoms with Gasteiger partial charge in [0.1, 0.15) is 11.5 Å². The van der Waals surface area contributed by atoms with E-state index in [1.54, 1.807) is 0 Å². The van der Waals surface area contributed by atoms with Gasteiger partial charge in [-0.3, -0.25) is 4.98 Å². The zero-order valence-electron chi connectivity index (χ0n) is 30.2. The molecule has 0 radical (unpaired) electrons. The maximum Gasteiger partial charge on any atom is 0.164 e. The third kappa shape index (κ3) is 5.02. The van der Waals surface area contributed by atoms with Crippen LogP contribution in [0.5, 0.6) is 11.5 Å². The van der Waals surface area contributed by atoms with Crippen molar-refractivity contribution >= 4 is 0 Å². The van der Waals surface area contributed by atoms with Crippen molar-refractivity contribution in [1.82, 2.24) is 19.9 Å². The van der Waals surface area contributed by atoms with Crippen LogP contribution in [0, 0.1) is 0 Å². The third-order valence-electron chi connectivity index (χ3n) is 11.1. The number of para-hydroxylation sites is 2. The Morgan fingerprint density at radius 1 is 0.321 bits per heavy atom. The minimum atomic E-state index is -0.615. The van der Waals surface area contributed by atoms with Gasteiger partial charge in [0.2, 0.25) is 0 Å². The van der Waals surface area contributed by atoms with Gasteiger partial charge < -0.3 is 4.74 Å². The quantitative estimate of drug-likeness (QED) is 0.177. The van der Waals surface area contributed by atoms with Crippen LogP contribution in [0.25, 0.3) is 67.5 Å². The zero-order chi connectivity index (χ0) is 37.1. The molecule has 0 atom stereocenters. The topological polar surface area (TPSA) is 60.8 Å². The first-order valence-corrected chi connectivity index (χ1v) is 18.8. The SMILES string of the molecule is c1ccc(-c2nc(-c3ccccc3)nc(-c3cccc(-c4ccc5c(c4)C4(c6ccccc6Oc6ccccc64)c4cc(-c6ccncc6)ccc4-5)c3)n2)cc1. The average Bonchev–Trinajstić information content (AvgIpc) is 3.56. The van der Waals surface area contributed by atoms with E-state index in [-0.39, 0.29) is 0 Å². The van der Waals surface area contributed by atoms with E-state index in [9.17, 15) is 0 Å². The Hall–Kier alpha value is -7.50. The smallest absolute Gasteiger partial charge is 0.164 e. The molecule has 0 bridgehead atoms. The van der Waals surface area contributed by atoms with Crippen LogP contribution in [0.1, 0.15) is 22.3 Å². The fraction of sp³-hybridized carbons (Fsp3) is 0.0196. The number of aromatic nitrogens is 4. The number of hydrogen-bond acceptors (Lipinski definition) is 5. The van der Waals surface area contributed by atoms with Crippen LogP contribution in [-0.4, -0.2) is 19.9 Å². The minimum absolute atomic E-state index is 0.615. The van der Waals surface area contributed by atoms with E-state index in [4.69, 9.17) is 19.7 Å². The molecule has 262 valence electrons. The van der Waals surface area contributed by atoms with Crippen LogP contribution >= 0.6 is 0 Å². The molecule has 9 aromatic rings. The van der Waals surface area contributed by atoms with E-state index in [1.807, 2.05) is 73.1 Å². The molecule has 2 aromatic heterocycles. The second-order valence-corrected chi connectivity index (χ2v) is 14.2. The molecule has 0 N–H and O–H groups in total. The highest BCUT2D eigenvalue weighted by Crippen LogP contribution is 2.62. The van der Waals surface area contributed by atoms with E-state index in [2.05, 4.69) is 126 Å². The van der Waals surface area contributed by atoms with Crippen molar-refractivity contribution < 1.29 is 4.74 Å². The Kier molecular flexibility index (Phi) is 7.32. The van der Waals surface area contributed by atoms with Crippen molar-refractivity contribution in [1.29, 1.82) is 0 Å². The number of hydrogen-bond donors (Lipinski definition) is 0. The first-order valence-electron chi connectivity index (χ1n) is 18.8. The van der Waals surface area contributed by atoms with Crippen molar-refractivity contribution in [2.45, 2.75) is 5.41 Å². The van der Waals surface area contributed by atoms with E-state index in [0.717, 1.165) is 61.6 Å². The largest absolute Gasteiger partial charge is 0.457 e. The lowest BCUT2D eigenvalue weighted by atomic mass is 9.65. The molecule has 3 heterocycles. The Bertz CT molecular complexity index is 2840. The minimum Gasteiger partial charge on any atom is -0.457 e. The normalized spacial score (nSPS) is 12.9. The lowest BCUT2D eigenvalue weighted by molar-refractivity contribution is 0.436. The van der Waals surface area contributed by atoms with Gasteiger partial charge in [0.25, 0.3) is 0 Å². The Morgan fingerprint density at radius 3 is 1.34 bits per heavy atom. The van der Waals surface area contributed by atoms with Crippen LogP contribution in [0.3, 0.4) is 0 Å². The van der Waals surface area contributed by atoms with Gasteiger partial charge in [0.05, 0.1) is 5.41 Å². The first kappa shape index (κ1) is 32.0. The van der Waals surface area contributed by atoms with Gasteiger partial charge in [-0.05, 0) is 87.0 Å². The third-order valence-corrected chi connectivity index (χ3v) is 11.1. The van der Waals surface area contributed by atoms with E-state index < -0.39 is 5.41 Å². The lowest BCUT2D eigenvalue weighted by Gasteiger charge is -2.39. The number of pyridine rings is 1. The van der Waals surface area contributed by atoms with Crippen molar-refractivity contribution in [2.75, 3.05) is 0 Å². The average molecular weight is 717 g/mol. The monoisotopic (exact) mass is 716 g/mol. The first-order chi connectivity index (χ1) is 27.7. The van der Waals surface area contributed by atoms with Crippen molar-refractivity contribution in [3.8, 4) is 79.0 Å². The number of fused-ring (bicyclic) bond motifs is 9. The summed E-state index contributed by atoms with van der Waals surface area (Å²) in [4.78, 5) is 19.3. The summed E-state index contributed by atoms with van der Waals surface area (Å²) in [5.74, 6) is 3.63. The Labute approximate surface area is 324 Å². The van der Waals surface area contributed by atoms with Gasteiger partial charge in [-0.15, -0.1) is 0 Å². The molecule has 5 heteroatoms. The Morgan fingerprint density at radius 2 is 0.768 bits per heavy atom. The highest BCUT2D eigenvalue weighted by Gasteiger charge is 2.51. The summed E-state index contributed by atoms with van der Waals surface area (Å²) in [7, 11) is 0. The number of benzene rings is 7. The second-order valence-electron chi connectivity index (χ2n) is 14.2. The van der Waals surface area contributed by atoms with Gasteiger partial charge in [0, 0.05) is 40.2 Å². The standard InChI is InChI=1S/C51H32N4O/c1-3-12-34(13-4-1)48-53-49(35-14-5-2-6-15-35)55-50(54-48)39-17-11-16-36(30-39)38-23-25-41-40-24-22-37(33-26-28-52-29-27-33)31-44(40)51(45(41)32-38)42-18-7-9-20-46(42)56-47-21-10-8-19-43(47)51/h1-32H. The molecule has 7 aromatic carbocycles. The zero-order valence-corrected chi connectivity index (χ0v) is 30.2. The lowest BCUT2D eigenvalue weighted by Crippen LogP contribution is -2.32. The molecular formula is C51H32N4O. The highest BCUT2D eigenvalue weighted by atomic mass is 16.5. The summed E-state index contributed by atoms with van der Waals surface area (Å²) in [6.45, 7) is 0. The van der Waals surface area contributed by atoms with Crippen LogP contribution < -0.4 is 4.74 Å². The van der Waals surface area contributed by atoms with E-state index >= 15 is 0 Å². The molecule has 1 aliphatic carbocycles. The molecule has 56 heavy (non-hydrogen) atoms. The molecule has 0 saturated heterocycles. The molecule has 2 aliphatic rings. The summed E-state index contributed by atoms with van der Waals surface area (Å²) < 4.78 is 6.64. The van der Waals surface area contributed by atoms with Crippen LogP contribution in [-0.2, 0) is 5.41 Å². The van der Waals surface area contributed by atoms with Gasteiger partial charge in [-0.25, -0.2) is 15.0 Å². The maximum absolute atomic E-state index is 6.64. The molecule has 0 saturated carbocycles. The highest BCUT2D eigenvalue weighted by molar-refractivity contribution is 5.92. The molecule has 0 unspecified atom stereocenters. The van der Waals surface area contributed by atoms with Crippen molar-refractivity contribution in [3.63, 3.8) is 0 Å². The summed E-state index contributed by atoms with van der Waals surface area (Å²) >= 11 is 0. The second kappa shape index (κ2) is 12.8. The van der Waals surface area contributed by atoms with Crippen LogP contribution in [0.2, 0.25) is 0 Å². The fourth-order valence-corrected chi connectivity index (χ4v) is 8.58. The molecular weight excluding hydrogens is 685 g/mol. The van der Waals surface area contributed by atoms with Crippen molar-refractivity contribution in [3.05, 3.63) is 217 Å². The van der Waals surface area contributed by atoms with Gasteiger partial charge >= 0.3 is 0 Å². The van der Waals surface area contributed by atoms with E-state index in [0.29, 0.717) is 17.5 Å². The predicted octanol–water partition coefficient (Wildman–Crippen LogP) is 12.1. The number of rotatable bonds is 5. The predicted molar refractivity (Wildman–Crippen MR) is 222 cm³/mol. The van der Waals surface area contributed by atoms with Gasteiger partial charge in [-0.2, -0.15) is 0 Å². The number of ether oxygens (including phenoxy) is 1. The molecule has 1 aliphatic heterocycles. The molecule has 0 fully saturated rings. The van der Waals surface area contributed by atoms with Crippen LogP contribution in [0.4, 0.5) is 0 Å². The molecule has 5 nitrogen and oxygen atoms in total. The summed E-state index contributed by atoms with van der Waals surface area (Å²) in [5, 5.41) is 0. The Balaban J connectivity index is 1.11. The molecule has 11 rings (SSSR count). The molecule has 0 amide bonds. The van der Waals surface area contributed by atoms with Crippen molar-refractivity contribution in [2.24, 2.45) is 0 Å². The van der Waals surface area contributed by atoms with E-state index in [1.165, 1.54) is 22.3 Å². The van der Waals surface area contributed by atoms with Gasteiger partial charge in [0.15, 0.2) is 17.5 Å². The summed E-state index contributed by atoms with van der Waals surface area (Å²) in [6, 6.07) is 63.7. The summed E-state index contributed by atoms with van der Waals surface area (Å²) in [6.07, 6.45) is 3.71. The fourth-order valence-electron chi connectivity index (χ4n) is 8.58. The van der Waals surface area contributed by atoms with Gasteiger partial charge in [-0.1, -0.05) is 140 Å². The maximum atomic E-state index is 6.64. The summed E-state index contributed by atoms with van der Waals surface area (Å²) in [5.41, 5.74) is 13.8. The molecule has 1 spiro atoms. The van der Waals surface area contributed by atoms with Crippen LogP contribution in [0.15, 0.2) is 194 Å².